The number of anilines is 1. The van der Waals surface area contributed by atoms with Gasteiger partial charge in [0.1, 0.15) is 5.82 Å². The molecule has 0 unspecified atom stereocenters. The van der Waals surface area contributed by atoms with Crippen LogP contribution < -0.4 is 5.48 Å². The second kappa shape index (κ2) is 3.69. The zero-order chi connectivity index (χ0) is 8.27. The van der Waals surface area contributed by atoms with E-state index in [-0.39, 0.29) is 5.82 Å². The molecule has 0 saturated heterocycles. The van der Waals surface area contributed by atoms with Crippen molar-refractivity contribution < 1.29 is 9.23 Å². The van der Waals surface area contributed by atoms with Crippen LogP contribution in [-0.2, 0) is 4.84 Å². The van der Waals surface area contributed by atoms with Gasteiger partial charge in [-0.25, -0.2) is 4.39 Å². The van der Waals surface area contributed by atoms with Gasteiger partial charge in [0.05, 0.1) is 17.3 Å². The second-order valence-electron chi connectivity index (χ2n) is 1.94. The first-order chi connectivity index (χ1) is 5.24. The molecule has 0 aliphatic rings. The highest BCUT2D eigenvalue weighted by Crippen LogP contribution is 2.19. The molecule has 1 aromatic rings. The Morgan fingerprint density at radius 2 is 2.27 bits per heavy atom. The Labute approximate surface area is 72.4 Å². The van der Waals surface area contributed by atoms with Gasteiger partial charge in [0.25, 0.3) is 0 Å². The Balaban J connectivity index is 2.86. The van der Waals surface area contributed by atoms with Crippen LogP contribution in [0.2, 0.25) is 0 Å². The van der Waals surface area contributed by atoms with Crippen LogP contribution in [0.25, 0.3) is 0 Å². The van der Waals surface area contributed by atoms with Crippen LogP contribution in [0.3, 0.4) is 0 Å². The van der Waals surface area contributed by atoms with E-state index in [0.717, 1.165) is 0 Å². The monoisotopic (exact) mass is 219 g/mol. The van der Waals surface area contributed by atoms with Crippen molar-refractivity contribution in [3.8, 4) is 0 Å². The van der Waals surface area contributed by atoms with E-state index >= 15 is 0 Å². The summed E-state index contributed by atoms with van der Waals surface area (Å²) in [7, 11) is 1.50. The number of rotatable bonds is 2. The maximum atomic E-state index is 12.6. The molecule has 60 valence electrons. The minimum Gasteiger partial charge on any atom is -0.279 e. The lowest BCUT2D eigenvalue weighted by molar-refractivity contribution is 0.271. The first kappa shape index (κ1) is 8.49. The van der Waals surface area contributed by atoms with Gasteiger partial charge in [-0.3, -0.25) is 10.3 Å². The van der Waals surface area contributed by atoms with Crippen LogP contribution in [0.4, 0.5) is 10.1 Å². The summed E-state index contributed by atoms with van der Waals surface area (Å²) in [6.45, 7) is 0. The van der Waals surface area contributed by atoms with Gasteiger partial charge < -0.3 is 0 Å². The summed E-state index contributed by atoms with van der Waals surface area (Å²) >= 11 is 3.05. The molecule has 0 heterocycles. The summed E-state index contributed by atoms with van der Waals surface area (Å²) in [4.78, 5) is 4.63. The normalized spacial score (nSPS) is 9.73. The molecule has 0 fully saturated rings. The van der Waals surface area contributed by atoms with Gasteiger partial charge in [-0.1, -0.05) is 0 Å². The number of hydrogen-bond acceptors (Lipinski definition) is 2. The van der Waals surface area contributed by atoms with Gasteiger partial charge in [0.15, 0.2) is 0 Å². The largest absolute Gasteiger partial charge is 0.279 e. The molecule has 1 aromatic carbocycles. The van der Waals surface area contributed by atoms with E-state index in [1.165, 1.54) is 13.2 Å². The van der Waals surface area contributed by atoms with Crippen molar-refractivity contribution in [2.75, 3.05) is 12.6 Å². The van der Waals surface area contributed by atoms with Gasteiger partial charge in [0, 0.05) is 0 Å². The molecule has 0 bridgehead atoms. The molecule has 0 saturated carbocycles. The maximum absolute atomic E-state index is 12.6. The quantitative estimate of drug-likeness (QED) is 0.773. The summed E-state index contributed by atoms with van der Waals surface area (Å²) in [5, 5.41) is 0. The van der Waals surface area contributed by atoms with Crippen LogP contribution >= 0.6 is 15.9 Å². The van der Waals surface area contributed by atoms with Crippen LogP contribution in [0, 0.1) is 5.82 Å². The third-order valence-electron chi connectivity index (χ3n) is 1.14. The predicted molar refractivity (Wildman–Crippen MR) is 44.7 cm³/mol. The molecule has 0 aromatic heterocycles. The summed E-state index contributed by atoms with van der Waals surface area (Å²) in [6.07, 6.45) is 0. The Bertz CT molecular complexity index is 254. The lowest BCUT2D eigenvalue weighted by Gasteiger charge is -2.02. The van der Waals surface area contributed by atoms with Crippen molar-refractivity contribution in [1.29, 1.82) is 0 Å². The molecule has 1 N–H and O–H groups in total. The van der Waals surface area contributed by atoms with Crippen LogP contribution in [-0.4, -0.2) is 7.11 Å². The molecule has 4 heteroatoms. The van der Waals surface area contributed by atoms with Crippen molar-refractivity contribution >= 4 is 21.6 Å². The molecule has 1 rings (SSSR count). The molecular formula is C7H7BrFNO. The van der Waals surface area contributed by atoms with Crippen LogP contribution in [0.5, 0.6) is 0 Å². The average molecular weight is 220 g/mol. The zero-order valence-electron chi connectivity index (χ0n) is 5.90. The smallest absolute Gasteiger partial charge is 0.137 e. The SMILES string of the molecule is CONc1ccc(F)c(Br)c1. The van der Waals surface area contributed by atoms with Crippen molar-refractivity contribution in [3.63, 3.8) is 0 Å². The number of halogens is 2. The lowest BCUT2D eigenvalue weighted by atomic mass is 10.3. The molecule has 0 aliphatic heterocycles. The van der Waals surface area contributed by atoms with Crippen molar-refractivity contribution in [1.82, 2.24) is 0 Å². The average Bonchev–Trinajstić information content (AvgIpc) is 1.98. The topological polar surface area (TPSA) is 21.3 Å². The van der Waals surface area contributed by atoms with E-state index < -0.39 is 0 Å². The molecule has 0 aliphatic carbocycles. The minimum absolute atomic E-state index is 0.286. The van der Waals surface area contributed by atoms with E-state index in [1.807, 2.05) is 0 Å². The highest BCUT2D eigenvalue weighted by molar-refractivity contribution is 9.10. The highest BCUT2D eigenvalue weighted by Gasteiger charge is 1.98. The Morgan fingerprint density at radius 1 is 1.55 bits per heavy atom. The van der Waals surface area contributed by atoms with Crippen molar-refractivity contribution in [2.45, 2.75) is 0 Å². The van der Waals surface area contributed by atoms with Crippen molar-refractivity contribution in [2.24, 2.45) is 0 Å². The molecule has 2 nitrogen and oxygen atoms in total. The number of benzene rings is 1. The van der Waals surface area contributed by atoms with E-state index in [1.54, 1.807) is 12.1 Å². The summed E-state index contributed by atoms with van der Waals surface area (Å²) in [5.41, 5.74) is 3.29. The minimum atomic E-state index is -0.286. The molecule has 0 atom stereocenters. The Kier molecular flexibility index (Phi) is 2.84. The third kappa shape index (κ3) is 2.17. The first-order valence-electron chi connectivity index (χ1n) is 2.98. The third-order valence-corrected chi connectivity index (χ3v) is 1.75. The van der Waals surface area contributed by atoms with Gasteiger partial charge in [-0.05, 0) is 34.1 Å². The lowest BCUT2D eigenvalue weighted by Crippen LogP contribution is -1.95. The first-order valence-corrected chi connectivity index (χ1v) is 3.77. The number of hydrogen-bond donors (Lipinski definition) is 1. The van der Waals surface area contributed by atoms with Gasteiger partial charge >= 0.3 is 0 Å². The van der Waals surface area contributed by atoms with Gasteiger partial charge in [0.2, 0.25) is 0 Å². The van der Waals surface area contributed by atoms with E-state index in [2.05, 4.69) is 26.2 Å². The molecular weight excluding hydrogens is 213 g/mol. The predicted octanol–water partition coefficient (Wildman–Crippen LogP) is 2.56. The summed E-state index contributed by atoms with van der Waals surface area (Å²) in [5.74, 6) is -0.286. The second-order valence-corrected chi connectivity index (χ2v) is 2.79. The summed E-state index contributed by atoms with van der Waals surface area (Å²) < 4.78 is 13.0. The summed E-state index contributed by atoms with van der Waals surface area (Å²) in [6, 6.07) is 4.54. The Hall–Kier alpha value is -0.610. The molecule has 11 heavy (non-hydrogen) atoms. The molecule has 0 amide bonds. The van der Waals surface area contributed by atoms with E-state index in [4.69, 9.17) is 0 Å². The van der Waals surface area contributed by atoms with E-state index in [9.17, 15) is 4.39 Å². The maximum Gasteiger partial charge on any atom is 0.137 e. The fourth-order valence-corrected chi connectivity index (χ4v) is 1.06. The zero-order valence-corrected chi connectivity index (χ0v) is 7.48. The molecule has 0 radical (unpaired) electrons. The fourth-order valence-electron chi connectivity index (χ4n) is 0.677. The Morgan fingerprint density at radius 3 is 2.82 bits per heavy atom. The van der Waals surface area contributed by atoms with Crippen LogP contribution in [0.1, 0.15) is 0 Å². The van der Waals surface area contributed by atoms with Crippen molar-refractivity contribution in [3.05, 3.63) is 28.5 Å². The fraction of sp³-hybridized carbons (Fsp3) is 0.143. The molecule has 0 spiro atoms. The standard InChI is InChI=1S/C7H7BrFNO/c1-11-10-5-2-3-7(9)6(8)4-5/h2-4,10H,1H3. The highest BCUT2D eigenvalue weighted by atomic mass is 79.9. The number of nitrogens with one attached hydrogen (secondary N) is 1. The van der Waals surface area contributed by atoms with Gasteiger partial charge in [-0.2, -0.15) is 0 Å². The van der Waals surface area contributed by atoms with Gasteiger partial charge in [-0.15, -0.1) is 0 Å². The van der Waals surface area contributed by atoms with E-state index in [0.29, 0.717) is 10.2 Å². The van der Waals surface area contributed by atoms with Crippen LogP contribution in [0.15, 0.2) is 22.7 Å².